The average molecular weight is 265 g/mol. The Labute approximate surface area is 108 Å². The number of hydrogen-bond donors (Lipinski definition) is 1. The Morgan fingerprint density at radius 1 is 1.33 bits per heavy atom. The van der Waals surface area contributed by atoms with Gasteiger partial charge < -0.3 is 9.84 Å². The van der Waals surface area contributed by atoms with Gasteiger partial charge in [-0.3, -0.25) is 0 Å². The van der Waals surface area contributed by atoms with Crippen LogP contribution in [0.4, 0.5) is 0 Å². The van der Waals surface area contributed by atoms with Crippen molar-refractivity contribution in [2.45, 2.75) is 0 Å². The third-order valence-corrected chi connectivity index (χ3v) is 2.54. The molecule has 1 aromatic carbocycles. The van der Waals surface area contributed by atoms with Crippen LogP contribution in [-0.4, -0.2) is 28.2 Å². The summed E-state index contributed by atoms with van der Waals surface area (Å²) in [5.74, 6) is -0.149. The van der Waals surface area contributed by atoms with Crippen molar-refractivity contribution in [1.29, 1.82) is 0 Å². The van der Waals surface area contributed by atoms with E-state index < -0.39 is 5.97 Å². The maximum atomic E-state index is 10.7. The molecule has 5 nitrogen and oxygen atoms in total. The number of nitrogens with zero attached hydrogens (tertiary/aromatic N) is 2. The van der Waals surface area contributed by atoms with E-state index in [2.05, 4.69) is 9.97 Å². The van der Waals surface area contributed by atoms with Crippen molar-refractivity contribution < 1.29 is 14.6 Å². The van der Waals surface area contributed by atoms with Gasteiger partial charge in [-0.1, -0.05) is 11.6 Å². The Bertz CT molecular complexity index is 584. The van der Waals surface area contributed by atoms with E-state index in [1.165, 1.54) is 19.5 Å². The van der Waals surface area contributed by atoms with Crippen LogP contribution in [0.15, 0.2) is 30.6 Å². The number of carbonyl (C=O) groups is 1. The topological polar surface area (TPSA) is 72.3 Å². The van der Waals surface area contributed by atoms with Crippen LogP contribution in [-0.2, 0) is 0 Å². The molecule has 0 unspecified atom stereocenters. The van der Waals surface area contributed by atoms with Gasteiger partial charge in [0.15, 0.2) is 5.82 Å². The van der Waals surface area contributed by atoms with E-state index in [0.29, 0.717) is 22.2 Å². The van der Waals surface area contributed by atoms with Crippen LogP contribution in [0.2, 0.25) is 5.02 Å². The zero-order valence-corrected chi connectivity index (χ0v) is 10.2. The molecule has 0 spiro atoms. The van der Waals surface area contributed by atoms with Crippen LogP contribution in [0.5, 0.6) is 5.75 Å². The summed E-state index contributed by atoms with van der Waals surface area (Å²) in [6.45, 7) is 0. The fourth-order valence-electron chi connectivity index (χ4n) is 1.43. The average Bonchev–Trinajstić information content (AvgIpc) is 2.38. The number of aromatic nitrogens is 2. The number of rotatable bonds is 3. The highest BCUT2D eigenvalue weighted by molar-refractivity contribution is 6.30. The van der Waals surface area contributed by atoms with Gasteiger partial charge in [-0.25, -0.2) is 14.8 Å². The number of carboxylic acids is 1. The molecule has 1 heterocycles. The highest BCUT2D eigenvalue weighted by atomic mass is 35.5. The Morgan fingerprint density at radius 3 is 2.56 bits per heavy atom. The van der Waals surface area contributed by atoms with Gasteiger partial charge in [0, 0.05) is 17.4 Å². The maximum absolute atomic E-state index is 10.7. The predicted molar refractivity (Wildman–Crippen MR) is 66.0 cm³/mol. The van der Waals surface area contributed by atoms with Crippen molar-refractivity contribution >= 4 is 17.6 Å². The van der Waals surface area contributed by atoms with E-state index >= 15 is 0 Å². The molecule has 0 aliphatic carbocycles. The van der Waals surface area contributed by atoms with Crippen molar-refractivity contribution in [1.82, 2.24) is 9.97 Å². The van der Waals surface area contributed by atoms with Crippen molar-refractivity contribution in [2.24, 2.45) is 0 Å². The second kappa shape index (κ2) is 5.01. The van der Waals surface area contributed by atoms with Crippen LogP contribution in [0.1, 0.15) is 10.4 Å². The number of methoxy groups -OCH3 is 1. The molecule has 0 saturated carbocycles. The fraction of sp³-hybridized carbons (Fsp3) is 0.0833. The van der Waals surface area contributed by atoms with E-state index in [1.54, 1.807) is 18.2 Å². The summed E-state index contributed by atoms with van der Waals surface area (Å²) in [5.41, 5.74) is 0.686. The molecule has 92 valence electrons. The SMILES string of the molecule is COc1cc(Cl)ccc1-c1ncc(C(=O)O)cn1. The van der Waals surface area contributed by atoms with Gasteiger partial charge >= 0.3 is 5.97 Å². The molecular formula is C12H9ClN2O3. The second-order valence-electron chi connectivity index (χ2n) is 3.45. The van der Waals surface area contributed by atoms with Crippen LogP contribution in [0, 0.1) is 0 Å². The molecule has 0 aliphatic rings. The molecule has 0 aliphatic heterocycles. The second-order valence-corrected chi connectivity index (χ2v) is 3.88. The van der Waals surface area contributed by atoms with Crippen LogP contribution in [0.3, 0.4) is 0 Å². The summed E-state index contributed by atoms with van der Waals surface area (Å²) < 4.78 is 5.18. The summed E-state index contributed by atoms with van der Waals surface area (Å²) in [5, 5.41) is 9.30. The minimum absolute atomic E-state index is 0.0340. The number of halogens is 1. The molecule has 0 amide bonds. The summed E-state index contributed by atoms with van der Waals surface area (Å²) in [4.78, 5) is 18.7. The molecule has 1 N–H and O–H groups in total. The molecule has 0 bridgehead atoms. The van der Waals surface area contributed by atoms with E-state index in [-0.39, 0.29) is 5.56 Å². The van der Waals surface area contributed by atoms with E-state index in [4.69, 9.17) is 21.4 Å². The minimum Gasteiger partial charge on any atom is -0.496 e. The first-order chi connectivity index (χ1) is 8.61. The number of aromatic carboxylic acids is 1. The summed E-state index contributed by atoms with van der Waals surface area (Å²) >= 11 is 5.85. The smallest absolute Gasteiger partial charge is 0.338 e. The zero-order valence-electron chi connectivity index (χ0n) is 9.42. The molecule has 0 saturated heterocycles. The van der Waals surface area contributed by atoms with Gasteiger partial charge in [0.2, 0.25) is 0 Å². The first kappa shape index (κ1) is 12.3. The highest BCUT2D eigenvalue weighted by Gasteiger charge is 2.10. The van der Waals surface area contributed by atoms with Crippen molar-refractivity contribution in [3.8, 4) is 17.1 Å². The Balaban J connectivity index is 2.45. The Morgan fingerprint density at radius 2 is 2.00 bits per heavy atom. The van der Waals surface area contributed by atoms with Gasteiger partial charge in [0.1, 0.15) is 5.75 Å². The van der Waals surface area contributed by atoms with Gasteiger partial charge in [-0.15, -0.1) is 0 Å². The normalized spacial score (nSPS) is 10.1. The monoisotopic (exact) mass is 264 g/mol. The van der Waals surface area contributed by atoms with Crippen LogP contribution < -0.4 is 4.74 Å². The quantitative estimate of drug-likeness (QED) is 0.922. The number of benzene rings is 1. The molecule has 6 heteroatoms. The Hall–Kier alpha value is -2.14. The van der Waals surface area contributed by atoms with Crippen LogP contribution in [0.25, 0.3) is 11.4 Å². The lowest BCUT2D eigenvalue weighted by Crippen LogP contribution is -2.00. The van der Waals surface area contributed by atoms with Gasteiger partial charge in [-0.05, 0) is 18.2 Å². The van der Waals surface area contributed by atoms with Gasteiger partial charge in [-0.2, -0.15) is 0 Å². The number of ether oxygens (including phenoxy) is 1. The minimum atomic E-state index is -1.07. The summed E-state index contributed by atoms with van der Waals surface area (Å²) in [6.07, 6.45) is 2.50. The van der Waals surface area contributed by atoms with E-state index in [1.807, 2.05) is 0 Å². The summed E-state index contributed by atoms with van der Waals surface area (Å²) in [6, 6.07) is 5.05. The third-order valence-electron chi connectivity index (χ3n) is 2.30. The molecule has 18 heavy (non-hydrogen) atoms. The van der Waals surface area contributed by atoms with Gasteiger partial charge in [0.25, 0.3) is 0 Å². The molecule has 2 rings (SSSR count). The molecular weight excluding hydrogens is 256 g/mol. The van der Waals surface area contributed by atoms with Crippen molar-refractivity contribution in [3.05, 3.63) is 41.2 Å². The number of carboxylic acid groups (broad SMARTS) is 1. The van der Waals surface area contributed by atoms with Crippen molar-refractivity contribution in [3.63, 3.8) is 0 Å². The van der Waals surface area contributed by atoms with E-state index in [0.717, 1.165) is 0 Å². The molecule has 1 aromatic heterocycles. The predicted octanol–water partition coefficient (Wildman–Crippen LogP) is 2.50. The molecule has 0 radical (unpaired) electrons. The largest absolute Gasteiger partial charge is 0.496 e. The molecule has 0 fully saturated rings. The first-order valence-corrected chi connectivity index (χ1v) is 5.39. The summed E-state index contributed by atoms with van der Waals surface area (Å²) in [7, 11) is 1.51. The first-order valence-electron chi connectivity index (χ1n) is 5.01. The standard InChI is InChI=1S/C12H9ClN2O3/c1-18-10-4-8(13)2-3-9(10)11-14-5-7(6-15-11)12(16)17/h2-6H,1H3,(H,16,17). The van der Waals surface area contributed by atoms with Crippen LogP contribution >= 0.6 is 11.6 Å². The highest BCUT2D eigenvalue weighted by Crippen LogP contribution is 2.29. The Kier molecular flexibility index (Phi) is 3.43. The maximum Gasteiger partial charge on any atom is 0.338 e. The molecule has 0 atom stereocenters. The zero-order chi connectivity index (χ0) is 13.1. The van der Waals surface area contributed by atoms with Gasteiger partial charge in [0.05, 0.1) is 18.2 Å². The fourth-order valence-corrected chi connectivity index (χ4v) is 1.59. The molecule has 2 aromatic rings. The lowest BCUT2D eigenvalue weighted by molar-refractivity contribution is 0.0696. The lowest BCUT2D eigenvalue weighted by atomic mass is 10.2. The third kappa shape index (κ3) is 2.41. The lowest BCUT2D eigenvalue weighted by Gasteiger charge is -2.07. The van der Waals surface area contributed by atoms with Crippen molar-refractivity contribution in [2.75, 3.05) is 7.11 Å². The number of hydrogen-bond acceptors (Lipinski definition) is 4. The van der Waals surface area contributed by atoms with E-state index in [9.17, 15) is 4.79 Å².